The molecule has 1 aromatic carbocycles. The molecule has 1 aliphatic heterocycles. The summed E-state index contributed by atoms with van der Waals surface area (Å²) in [5, 5.41) is 8.98. The summed E-state index contributed by atoms with van der Waals surface area (Å²) >= 11 is 0. The lowest BCUT2D eigenvalue weighted by Crippen LogP contribution is -2.36. The average molecular weight is 226 g/mol. The molecule has 0 radical (unpaired) electrons. The Bertz CT molecular complexity index is 552. The maximum atomic E-state index is 12.1. The maximum Gasteiger partial charge on any atom is 0.196 e. The number of carbonyl (C=O) groups is 1. The van der Waals surface area contributed by atoms with E-state index < -0.39 is 0 Å². The molecule has 5 heteroatoms. The summed E-state index contributed by atoms with van der Waals surface area (Å²) in [6.45, 7) is 0. The summed E-state index contributed by atoms with van der Waals surface area (Å²) in [5.74, 6) is -0.0895. The Morgan fingerprint density at radius 1 is 1.29 bits per heavy atom. The third-order valence-corrected chi connectivity index (χ3v) is 2.35. The van der Waals surface area contributed by atoms with Crippen molar-refractivity contribution in [3.63, 3.8) is 0 Å². The van der Waals surface area contributed by atoms with Crippen LogP contribution in [0, 0.1) is 11.3 Å². The molecule has 1 aliphatic rings. The second kappa shape index (κ2) is 4.41. The number of Topliss-reactive ketones (excluding diaryl/α,β-unsaturated/α-hetero) is 1. The Morgan fingerprint density at radius 3 is 2.65 bits per heavy atom. The third kappa shape index (κ3) is 1.96. The zero-order valence-corrected chi connectivity index (χ0v) is 8.90. The van der Waals surface area contributed by atoms with Crippen LogP contribution in [-0.2, 0) is 0 Å². The highest BCUT2D eigenvalue weighted by molar-refractivity contribution is 6.12. The number of nitrogens with zero attached hydrogens (tertiary/aromatic N) is 1. The summed E-state index contributed by atoms with van der Waals surface area (Å²) in [6.07, 6.45) is 1.43. The molecule has 1 heterocycles. The number of rotatable bonds is 2. The highest BCUT2D eigenvalue weighted by atomic mass is 16.1. The standard InChI is InChI=1S/C12H10N4O/c13-6-9-10(7-15-16-12(9)14)11(17)8-4-2-1-3-5-8/h1-5,7,15-16H,14H2. The van der Waals surface area contributed by atoms with Crippen molar-refractivity contribution >= 4 is 5.78 Å². The number of nitrogens with two attached hydrogens (primary N) is 1. The number of hydrogen-bond donors (Lipinski definition) is 3. The Hall–Kier alpha value is -2.74. The van der Waals surface area contributed by atoms with Crippen LogP contribution in [-0.4, -0.2) is 5.78 Å². The minimum Gasteiger partial charge on any atom is -0.383 e. The van der Waals surface area contributed by atoms with E-state index >= 15 is 0 Å². The Balaban J connectivity index is 2.40. The van der Waals surface area contributed by atoms with Crippen LogP contribution in [0.25, 0.3) is 0 Å². The first-order valence-electron chi connectivity index (χ1n) is 4.95. The van der Waals surface area contributed by atoms with Gasteiger partial charge in [-0.2, -0.15) is 5.26 Å². The van der Waals surface area contributed by atoms with Gasteiger partial charge in [-0.15, -0.1) is 0 Å². The first-order chi connectivity index (χ1) is 8.24. The molecule has 0 atom stereocenters. The van der Waals surface area contributed by atoms with Crippen LogP contribution >= 0.6 is 0 Å². The smallest absolute Gasteiger partial charge is 0.196 e. The van der Waals surface area contributed by atoms with E-state index in [0.29, 0.717) is 5.56 Å². The number of nitrogens with one attached hydrogen (secondary N) is 2. The second-order valence-corrected chi connectivity index (χ2v) is 3.42. The summed E-state index contributed by atoms with van der Waals surface area (Å²) in [6, 6.07) is 10.7. The number of hydrazine groups is 1. The van der Waals surface area contributed by atoms with Crippen molar-refractivity contribution in [3.8, 4) is 6.07 Å². The zero-order valence-electron chi connectivity index (χ0n) is 8.90. The molecule has 0 aromatic heterocycles. The average Bonchev–Trinajstić information content (AvgIpc) is 2.38. The molecule has 17 heavy (non-hydrogen) atoms. The highest BCUT2D eigenvalue weighted by Gasteiger charge is 2.21. The van der Waals surface area contributed by atoms with Crippen molar-refractivity contribution < 1.29 is 4.79 Å². The highest BCUT2D eigenvalue weighted by Crippen LogP contribution is 2.18. The molecule has 0 saturated heterocycles. The first-order valence-corrected chi connectivity index (χ1v) is 4.95. The topological polar surface area (TPSA) is 90.9 Å². The molecule has 0 aliphatic carbocycles. The largest absolute Gasteiger partial charge is 0.383 e. The van der Waals surface area contributed by atoms with Gasteiger partial charge in [0.25, 0.3) is 0 Å². The van der Waals surface area contributed by atoms with Gasteiger partial charge in [0.05, 0.1) is 5.57 Å². The lowest BCUT2D eigenvalue weighted by atomic mass is 9.97. The lowest BCUT2D eigenvalue weighted by molar-refractivity contribution is 0.103. The van der Waals surface area contributed by atoms with Gasteiger partial charge in [0.2, 0.25) is 0 Å². The number of hydrogen-bond acceptors (Lipinski definition) is 5. The van der Waals surface area contributed by atoms with Gasteiger partial charge in [0.15, 0.2) is 5.78 Å². The van der Waals surface area contributed by atoms with Gasteiger partial charge in [-0.25, -0.2) is 0 Å². The molecule has 1 aromatic rings. The maximum absolute atomic E-state index is 12.1. The van der Waals surface area contributed by atoms with Crippen LogP contribution < -0.4 is 16.6 Å². The van der Waals surface area contributed by atoms with Crippen LogP contribution in [0.15, 0.2) is 53.5 Å². The summed E-state index contributed by atoms with van der Waals surface area (Å²) in [7, 11) is 0. The molecular formula is C12H10N4O. The summed E-state index contributed by atoms with van der Waals surface area (Å²) in [5.41, 5.74) is 11.7. The van der Waals surface area contributed by atoms with E-state index in [1.54, 1.807) is 24.3 Å². The monoisotopic (exact) mass is 226 g/mol. The molecule has 84 valence electrons. The van der Waals surface area contributed by atoms with E-state index in [9.17, 15) is 4.79 Å². The van der Waals surface area contributed by atoms with E-state index in [2.05, 4.69) is 10.9 Å². The quantitative estimate of drug-likeness (QED) is 0.641. The van der Waals surface area contributed by atoms with Crippen LogP contribution in [0.3, 0.4) is 0 Å². The van der Waals surface area contributed by atoms with Gasteiger partial charge < -0.3 is 11.2 Å². The predicted molar refractivity (Wildman–Crippen MR) is 62.0 cm³/mol. The summed E-state index contributed by atoms with van der Waals surface area (Å²) in [4.78, 5) is 12.1. The number of allylic oxidation sites excluding steroid dienone is 2. The molecule has 0 amide bonds. The van der Waals surface area contributed by atoms with Gasteiger partial charge in [-0.05, 0) is 0 Å². The van der Waals surface area contributed by atoms with E-state index in [1.165, 1.54) is 6.20 Å². The van der Waals surface area contributed by atoms with Crippen LogP contribution in [0.1, 0.15) is 10.4 Å². The zero-order chi connectivity index (χ0) is 12.3. The van der Waals surface area contributed by atoms with Crippen molar-refractivity contribution in [3.05, 3.63) is 59.1 Å². The Labute approximate surface area is 98.2 Å². The Morgan fingerprint density at radius 2 is 2.00 bits per heavy atom. The summed E-state index contributed by atoms with van der Waals surface area (Å²) < 4.78 is 0. The number of nitriles is 1. The lowest BCUT2D eigenvalue weighted by Gasteiger charge is -2.16. The fourth-order valence-electron chi connectivity index (χ4n) is 1.51. The van der Waals surface area contributed by atoms with Crippen molar-refractivity contribution in [2.24, 2.45) is 5.73 Å². The molecule has 0 saturated carbocycles. The van der Waals surface area contributed by atoms with E-state index in [0.717, 1.165) is 0 Å². The molecule has 5 nitrogen and oxygen atoms in total. The molecule has 0 bridgehead atoms. The molecule has 2 rings (SSSR count). The molecule has 4 N–H and O–H groups in total. The number of benzene rings is 1. The fourth-order valence-corrected chi connectivity index (χ4v) is 1.51. The van der Waals surface area contributed by atoms with Crippen molar-refractivity contribution in [2.45, 2.75) is 0 Å². The Kier molecular flexibility index (Phi) is 2.79. The molecular weight excluding hydrogens is 216 g/mol. The van der Waals surface area contributed by atoms with Gasteiger partial charge in [0.1, 0.15) is 17.5 Å². The van der Waals surface area contributed by atoms with Crippen LogP contribution in [0.5, 0.6) is 0 Å². The second-order valence-electron chi connectivity index (χ2n) is 3.42. The fraction of sp³-hybridized carbons (Fsp3) is 0. The van der Waals surface area contributed by atoms with Crippen LogP contribution in [0.4, 0.5) is 0 Å². The van der Waals surface area contributed by atoms with Gasteiger partial charge in [0, 0.05) is 11.8 Å². The number of carbonyl (C=O) groups excluding carboxylic acids is 1. The van der Waals surface area contributed by atoms with E-state index in [-0.39, 0.29) is 22.8 Å². The minimum atomic E-state index is -0.237. The molecule has 0 fully saturated rings. The first kappa shape index (κ1) is 10.8. The number of ketones is 1. The van der Waals surface area contributed by atoms with Gasteiger partial charge >= 0.3 is 0 Å². The van der Waals surface area contributed by atoms with Gasteiger partial charge in [-0.1, -0.05) is 30.3 Å². The van der Waals surface area contributed by atoms with E-state index in [4.69, 9.17) is 11.0 Å². The molecule has 0 unspecified atom stereocenters. The van der Waals surface area contributed by atoms with Crippen molar-refractivity contribution in [1.82, 2.24) is 10.9 Å². The molecule has 0 spiro atoms. The van der Waals surface area contributed by atoms with Crippen molar-refractivity contribution in [2.75, 3.05) is 0 Å². The predicted octanol–water partition coefficient (Wildman–Crippen LogP) is 0.555. The normalized spacial score (nSPS) is 14.2. The third-order valence-electron chi connectivity index (χ3n) is 2.35. The SMILES string of the molecule is N#CC1=C(N)NNC=C1C(=O)c1ccccc1. The van der Waals surface area contributed by atoms with Crippen molar-refractivity contribution in [1.29, 1.82) is 5.26 Å². The van der Waals surface area contributed by atoms with Gasteiger partial charge in [-0.3, -0.25) is 10.2 Å². The van der Waals surface area contributed by atoms with E-state index in [1.807, 2.05) is 12.1 Å². The van der Waals surface area contributed by atoms with Crippen LogP contribution in [0.2, 0.25) is 0 Å². The minimum absolute atomic E-state index is 0.147.